The van der Waals surface area contributed by atoms with Gasteiger partial charge in [-0.3, -0.25) is 14.5 Å². The number of anilines is 2. The highest BCUT2D eigenvalue weighted by molar-refractivity contribution is 7.18. The van der Waals surface area contributed by atoms with Crippen LogP contribution in [0.25, 0.3) is 10.2 Å². The van der Waals surface area contributed by atoms with Crippen molar-refractivity contribution in [3.8, 4) is 0 Å². The van der Waals surface area contributed by atoms with Crippen LogP contribution in [0.2, 0.25) is 0 Å². The average molecular weight is 523 g/mol. The minimum atomic E-state index is -0.655. The van der Waals surface area contributed by atoms with E-state index in [0.29, 0.717) is 36.4 Å². The fraction of sp³-hybridized carbons (Fsp3) is 0.500. The zero-order chi connectivity index (χ0) is 26.7. The zero-order valence-electron chi connectivity index (χ0n) is 22.5. The van der Waals surface area contributed by atoms with Gasteiger partial charge in [-0.15, -0.1) is 11.3 Å². The van der Waals surface area contributed by atoms with E-state index in [1.54, 1.807) is 22.3 Å². The van der Waals surface area contributed by atoms with Crippen molar-refractivity contribution < 1.29 is 9.59 Å². The molecule has 1 unspecified atom stereocenters. The van der Waals surface area contributed by atoms with Gasteiger partial charge in [-0.2, -0.15) is 0 Å². The number of fused-ring (bicyclic) bond motifs is 1. The zero-order valence-corrected chi connectivity index (χ0v) is 23.3. The molecular formula is C28H38N6O2S. The molecule has 37 heavy (non-hydrogen) atoms. The van der Waals surface area contributed by atoms with Crippen LogP contribution < -0.4 is 11.1 Å². The molecule has 1 aromatic carbocycles. The minimum Gasteiger partial charge on any atom is -0.383 e. The molecule has 198 valence electrons. The van der Waals surface area contributed by atoms with Crippen LogP contribution in [0, 0.1) is 5.92 Å². The Bertz CT molecular complexity index is 1270. The van der Waals surface area contributed by atoms with E-state index in [2.05, 4.69) is 61.1 Å². The molecule has 8 nitrogen and oxygen atoms in total. The van der Waals surface area contributed by atoms with E-state index >= 15 is 0 Å². The number of piperidine rings is 1. The third-order valence-corrected chi connectivity index (χ3v) is 8.25. The summed E-state index contributed by atoms with van der Waals surface area (Å²) < 4.78 is 1.14. The van der Waals surface area contributed by atoms with Gasteiger partial charge in [-0.05, 0) is 74.9 Å². The number of thiazole rings is 1. The number of nitrogens with two attached hydrogens (primary N) is 1. The van der Waals surface area contributed by atoms with Crippen LogP contribution in [0.3, 0.4) is 0 Å². The Kier molecular flexibility index (Phi) is 8.44. The van der Waals surface area contributed by atoms with Crippen molar-refractivity contribution in [1.82, 2.24) is 19.8 Å². The molecule has 3 N–H and O–H groups in total. The summed E-state index contributed by atoms with van der Waals surface area (Å²) in [6, 6.07) is 8.35. The Morgan fingerprint density at radius 2 is 2.03 bits per heavy atom. The van der Waals surface area contributed by atoms with Gasteiger partial charge in [0.05, 0.1) is 34.7 Å². The first-order valence-electron chi connectivity index (χ1n) is 13.2. The lowest BCUT2D eigenvalue weighted by molar-refractivity contribution is -0.146. The number of benzene rings is 1. The van der Waals surface area contributed by atoms with Gasteiger partial charge in [-0.1, -0.05) is 26.8 Å². The van der Waals surface area contributed by atoms with Crippen molar-refractivity contribution in [3.63, 3.8) is 0 Å². The Hall–Kier alpha value is -3.04. The van der Waals surface area contributed by atoms with E-state index in [1.165, 1.54) is 6.20 Å². The molecular weight excluding hydrogens is 484 g/mol. The van der Waals surface area contributed by atoms with Crippen LogP contribution in [0.5, 0.6) is 0 Å². The maximum atomic E-state index is 13.4. The topological polar surface area (TPSA) is 104 Å². The highest BCUT2D eigenvalue weighted by Crippen LogP contribution is 2.36. The standard InChI is InChI=1S/C28H38N6O2S/c1-6-19-12-21(14-30-26(19)29)31-27(35)28(36)34-15-18(5)8-10-23(34)20-9-11-24-22(13-20)32-25(37-24)16-33(7-2)17(3)4/h9,11-14,17-18,23H,6-8,10,15-16H2,1-5H3,(H2,29,30)(H,31,35)/t18?,23-/m1/s1. The van der Waals surface area contributed by atoms with Gasteiger partial charge in [0.2, 0.25) is 0 Å². The van der Waals surface area contributed by atoms with Crippen LogP contribution in [0.15, 0.2) is 30.5 Å². The predicted molar refractivity (Wildman–Crippen MR) is 150 cm³/mol. The van der Waals surface area contributed by atoms with E-state index in [-0.39, 0.29) is 6.04 Å². The number of hydrogen-bond donors (Lipinski definition) is 2. The Labute approximate surface area is 223 Å². The summed E-state index contributed by atoms with van der Waals surface area (Å²) in [5.41, 5.74) is 9.17. The average Bonchev–Trinajstić information content (AvgIpc) is 3.29. The number of likely N-dealkylation sites (tertiary alicyclic amines) is 1. The number of nitrogens with zero attached hydrogens (tertiary/aromatic N) is 4. The first kappa shape index (κ1) is 27.0. The molecule has 2 atom stereocenters. The second kappa shape index (κ2) is 11.6. The fourth-order valence-corrected chi connectivity index (χ4v) is 5.98. The minimum absolute atomic E-state index is 0.164. The van der Waals surface area contributed by atoms with Crippen molar-refractivity contribution in [2.45, 2.75) is 72.5 Å². The molecule has 0 saturated carbocycles. The summed E-state index contributed by atoms with van der Waals surface area (Å²) in [6.45, 7) is 13.0. The second-order valence-electron chi connectivity index (χ2n) is 10.2. The second-order valence-corrected chi connectivity index (χ2v) is 11.3. The van der Waals surface area contributed by atoms with E-state index in [4.69, 9.17) is 10.7 Å². The number of carbonyl (C=O) groups excluding carboxylic acids is 2. The predicted octanol–water partition coefficient (Wildman–Crippen LogP) is 5.00. The summed E-state index contributed by atoms with van der Waals surface area (Å²) in [5, 5.41) is 3.82. The number of carbonyl (C=O) groups is 2. The molecule has 3 heterocycles. The SMILES string of the molecule is CCc1cc(NC(=O)C(=O)N2CC(C)CC[C@@H]2c2ccc3sc(CN(CC)C(C)C)nc3c2)cnc1N. The molecule has 3 aromatic rings. The van der Waals surface area contributed by atoms with Crippen LogP contribution in [0.1, 0.15) is 69.6 Å². The van der Waals surface area contributed by atoms with E-state index < -0.39 is 11.8 Å². The fourth-order valence-electron chi connectivity index (χ4n) is 5.01. The van der Waals surface area contributed by atoms with Crippen LogP contribution in [-0.4, -0.2) is 50.7 Å². The highest BCUT2D eigenvalue weighted by Gasteiger charge is 2.34. The summed E-state index contributed by atoms with van der Waals surface area (Å²) in [6.07, 6.45) is 3.99. The number of aromatic nitrogens is 2. The van der Waals surface area contributed by atoms with Gasteiger partial charge in [0.25, 0.3) is 0 Å². The van der Waals surface area contributed by atoms with Crippen molar-refractivity contribution in [1.29, 1.82) is 0 Å². The van der Waals surface area contributed by atoms with Gasteiger partial charge >= 0.3 is 11.8 Å². The molecule has 2 aromatic heterocycles. The maximum Gasteiger partial charge on any atom is 0.313 e. The lowest BCUT2D eigenvalue weighted by atomic mass is 9.89. The molecule has 1 fully saturated rings. The van der Waals surface area contributed by atoms with Gasteiger partial charge < -0.3 is 16.0 Å². The van der Waals surface area contributed by atoms with E-state index in [0.717, 1.165) is 52.3 Å². The number of nitrogens with one attached hydrogen (secondary N) is 1. The first-order chi connectivity index (χ1) is 17.7. The normalized spacial score (nSPS) is 18.1. The number of amides is 2. The third kappa shape index (κ3) is 6.10. The summed E-state index contributed by atoms with van der Waals surface area (Å²) in [7, 11) is 0. The smallest absolute Gasteiger partial charge is 0.313 e. The number of nitrogen functional groups attached to an aromatic ring is 1. The Morgan fingerprint density at radius 1 is 1.24 bits per heavy atom. The molecule has 1 aliphatic heterocycles. The third-order valence-electron chi connectivity index (χ3n) is 7.23. The van der Waals surface area contributed by atoms with Crippen molar-refractivity contribution in [2.24, 2.45) is 5.92 Å². The molecule has 0 radical (unpaired) electrons. The molecule has 0 bridgehead atoms. The Balaban J connectivity index is 1.55. The molecule has 1 saturated heterocycles. The molecule has 0 spiro atoms. The van der Waals surface area contributed by atoms with Crippen LogP contribution in [0.4, 0.5) is 11.5 Å². The molecule has 9 heteroatoms. The maximum absolute atomic E-state index is 13.4. The van der Waals surface area contributed by atoms with Gasteiger partial charge in [-0.25, -0.2) is 9.97 Å². The van der Waals surface area contributed by atoms with E-state index in [9.17, 15) is 9.59 Å². The van der Waals surface area contributed by atoms with Crippen molar-refractivity contribution >= 4 is 44.9 Å². The molecule has 0 aliphatic carbocycles. The van der Waals surface area contributed by atoms with Crippen molar-refractivity contribution in [3.05, 3.63) is 46.6 Å². The van der Waals surface area contributed by atoms with Crippen LogP contribution in [-0.2, 0) is 22.6 Å². The molecule has 1 aliphatic rings. The summed E-state index contributed by atoms with van der Waals surface area (Å²) in [5.74, 6) is -0.424. The van der Waals surface area contributed by atoms with Gasteiger partial charge in [0, 0.05) is 12.6 Å². The van der Waals surface area contributed by atoms with Crippen molar-refractivity contribution in [2.75, 3.05) is 24.1 Å². The summed E-state index contributed by atoms with van der Waals surface area (Å²) in [4.78, 5) is 39.6. The van der Waals surface area contributed by atoms with Gasteiger partial charge in [0.1, 0.15) is 10.8 Å². The number of rotatable bonds is 7. The lowest BCUT2D eigenvalue weighted by Crippen LogP contribution is -2.46. The molecule has 4 rings (SSSR count). The number of aryl methyl sites for hydroxylation is 1. The van der Waals surface area contributed by atoms with Gasteiger partial charge in [0.15, 0.2) is 0 Å². The lowest BCUT2D eigenvalue weighted by Gasteiger charge is -2.38. The number of hydrogen-bond acceptors (Lipinski definition) is 7. The summed E-state index contributed by atoms with van der Waals surface area (Å²) >= 11 is 1.72. The Morgan fingerprint density at radius 3 is 2.73 bits per heavy atom. The monoisotopic (exact) mass is 522 g/mol. The largest absolute Gasteiger partial charge is 0.383 e. The highest BCUT2D eigenvalue weighted by atomic mass is 32.1. The van der Waals surface area contributed by atoms with E-state index in [1.807, 2.05) is 6.92 Å². The van der Waals surface area contributed by atoms with Crippen LogP contribution >= 0.6 is 11.3 Å². The molecule has 2 amide bonds. The first-order valence-corrected chi connectivity index (χ1v) is 14.0. The number of pyridine rings is 1. The quantitative estimate of drug-likeness (QED) is 0.423.